The Morgan fingerprint density at radius 3 is 1.23 bits per heavy atom. The minimum atomic E-state index is 1.08. The zero-order chi connectivity index (χ0) is 28.6. The van der Waals surface area contributed by atoms with Crippen LogP contribution in [0, 0.1) is 0 Å². The lowest BCUT2D eigenvalue weighted by atomic mass is 9.97. The van der Waals surface area contributed by atoms with Gasteiger partial charge >= 0.3 is 0 Å². The first-order valence-electron chi connectivity index (χ1n) is 14.4. The Morgan fingerprint density at radius 2 is 0.767 bits per heavy atom. The SMILES string of the molecule is c1ccc2c(-c3ccsc3-c3ccc(Nc4ccc(-c5sccc5-c5cccc6ccccc56)cc4)cc3)cccc2c1. The van der Waals surface area contributed by atoms with Gasteiger partial charge in [-0.1, -0.05) is 109 Å². The molecule has 0 bridgehead atoms. The Hall–Kier alpha value is -4.96. The number of fused-ring (bicyclic) bond motifs is 2. The molecule has 8 aromatic rings. The number of thiophene rings is 2. The van der Waals surface area contributed by atoms with E-state index >= 15 is 0 Å². The Balaban J connectivity index is 1.04. The number of hydrogen-bond donors (Lipinski definition) is 1. The maximum absolute atomic E-state index is 3.60. The second kappa shape index (κ2) is 11.0. The van der Waals surface area contributed by atoms with Gasteiger partial charge in [-0.05, 0) is 91.0 Å². The molecule has 3 heteroatoms. The van der Waals surface area contributed by atoms with Crippen molar-refractivity contribution in [3.8, 4) is 43.1 Å². The van der Waals surface area contributed by atoms with Gasteiger partial charge in [0.15, 0.2) is 0 Å². The van der Waals surface area contributed by atoms with Gasteiger partial charge in [0.1, 0.15) is 0 Å². The van der Waals surface area contributed by atoms with Crippen LogP contribution in [0.1, 0.15) is 0 Å². The van der Waals surface area contributed by atoms with Crippen molar-refractivity contribution in [2.24, 2.45) is 0 Å². The molecule has 6 aromatic carbocycles. The van der Waals surface area contributed by atoms with E-state index in [4.69, 9.17) is 0 Å². The van der Waals surface area contributed by atoms with Gasteiger partial charge in [-0.3, -0.25) is 0 Å². The predicted octanol–water partition coefficient (Wildman–Crippen LogP) is 12.5. The van der Waals surface area contributed by atoms with Crippen LogP contribution in [0.3, 0.4) is 0 Å². The maximum atomic E-state index is 3.60. The minimum absolute atomic E-state index is 1.08. The average Bonchev–Trinajstić information content (AvgIpc) is 3.76. The lowest BCUT2D eigenvalue weighted by Gasteiger charge is -2.11. The van der Waals surface area contributed by atoms with Crippen LogP contribution in [0.2, 0.25) is 0 Å². The Bertz CT molecular complexity index is 2030. The molecule has 0 spiro atoms. The smallest absolute Gasteiger partial charge is 0.0421 e. The molecule has 0 radical (unpaired) electrons. The fourth-order valence-electron chi connectivity index (χ4n) is 5.99. The van der Waals surface area contributed by atoms with E-state index < -0.39 is 0 Å². The molecule has 0 aliphatic rings. The zero-order valence-corrected chi connectivity index (χ0v) is 25.0. The average molecular weight is 586 g/mol. The molecule has 0 fully saturated rings. The van der Waals surface area contributed by atoms with Crippen LogP contribution in [-0.2, 0) is 0 Å². The van der Waals surface area contributed by atoms with Gasteiger partial charge in [0, 0.05) is 32.3 Å². The molecule has 2 aromatic heterocycles. The van der Waals surface area contributed by atoms with Crippen molar-refractivity contribution in [1.29, 1.82) is 0 Å². The summed E-state index contributed by atoms with van der Waals surface area (Å²) in [4.78, 5) is 2.59. The molecule has 0 unspecified atom stereocenters. The molecule has 8 rings (SSSR count). The van der Waals surface area contributed by atoms with Crippen molar-refractivity contribution >= 4 is 55.6 Å². The summed E-state index contributed by atoms with van der Waals surface area (Å²) in [7, 11) is 0. The van der Waals surface area contributed by atoms with Crippen LogP contribution in [0.25, 0.3) is 64.7 Å². The lowest BCUT2D eigenvalue weighted by Crippen LogP contribution is -1.90. The van der Waals surface area contributed by atoms with E-state index in [1.54, 1.807) is 22.7 Å². The number of anilines is 2. The van der Waals surface area contributed by atoms with Gasteiger partial charge in [0.05, 0.1) is 0 Å². The summed E-state index contributed by atoms with van der Waals surface area (Å²) in [6.45, 7) is 0. The number of hydrogen-bond acceptors (Lipinski definition) is 3. The normalized spacial score (nSPS) is 11.3. The Kier molecular flexibility index (Phi) is 6.60. The highest BCUT2D eigenvalue weighted by atomic mass is 32.1. The van der Waals surface area contributed by atoms with Crippen LogP contribution in [0.4, 0.5) is 11.4 Å². The van der Waals surface area contributed by atoms with Crippen molar-refractivity contribution in [3.63, 3.8) is 0 Å². The summed E-state index contributed by atoms with van der Waals surface area (Å²) < 4.78 is 0. The summed E-state index contributed by atoms with van der Waals surface area (Å²) in [5, 5.41) is 13.1. The van der Waals surface area contributed by atoms with Gasteiger partial charge in [0.25, 0.3) is 0 Å². The predicted molar refractivity (Wildman–Crippen MR) is 189 cm³/mol. The third-order valence-electron chi connectivity index (χ3n) is 8.07. The summed E-state index contributed by atoms with van der Waals surface area (Å²) in [5.74, 6) is 0. The highest BCUT2D eigenvalue weighted by Gasteiger charge is 2.13. The molecular weight excluding hydrogens is 559 g/mol. The molecular formula is C40H27NS2. The quantitative estimate of drug-likeness (QED) is 0.205. The first-order chi connectivity index (χ1) is 21.3. The van der Waals surface area contributed by atoms with E-state index in [0.717, 1.165) is 11.4 Å². The Labute approximate surface area is 259 Å². The first-order valence-corrected chi connectivity index (χ1v) is 16.2. The Morgan fingerprint density at radius 1 is 0.349 bits per heavy atom. The van der Waals surface area contributed by atoms with E-state index in [0.29, 0.717) is 0 Å². The molecule has 0 atom stereocenters. The molecule has 2 heterocycles. The van der Waals surface area contributed by atoms with Gasteiger partial charge in [-0.15, -0.1) is 22.7 Å². The highest BCUT2D eigenvalue weighted by molar-refractivity contribution is 7.14. The molecule has 0 aliphatic heterocycles. The van der Waals surface area contributed by atoms with Crippen LogP contribution < -0.4 is 5.32 Å². The molecule has 43 heavy (non-hydrogen) atoms. The number of benzene rings is 6. The second-order valence-corrected chi connectivity index (χ2v) is 12.5. The van der Waals surface area contributed by atoms with Crippen molar-refractivity contribution in [3.05, 3.63) is 156 Å². The summed E-state index contributed by atoms with van der Waals surface area (Å²) in [6, 6.07) is 52.4. The first kappa shape index (κ1) is 25.7. The van der Waals surface area contributed by atoms with Gasteiger partial charge in [0.2, 0.25) is 0 Å². The van der Waals surface area contributed by atoms with Gasteiger partial charge in [-0.2, -0.15) is 0 Å². The fraction of sp³-hybridized carbons (Fsp3) is 0. The van der Waals surface area contributed by atoms with E-state index in [1.807, 2.05) is 0 Å². The van der Waals surface area contributed by atoms with Crippen molar-refractivity contribution in [2.75, 3.05) is 5.32 Å². The third-order valence-corrected chi connectivity index (χ3v) is 10.00. The van der Waals surface area contributed by atoms with Crippen LogP contribution in [-0.4, -0.2) is 0 Å². The van der Waals surface area contributed by atoms with Gasteiger partial charge < -0.3 is 5.32 Å². The highest BCUT2D eigenvalue weighted by Crippen LogP contribution is 2.42. The third kappa shape index (κ3) is 4.83. The van der Waals surface area contributed by atoms with E-state index in [2.05, 4.69) is 162 Å². The monoisotopic (exact) mass is 585 g/mol. The number of nitrogens with one attached hydrogen (secondary N) is 1. The molecule has 204 valence electrons. The van der Waals surface area contributed by atoms with Gasteiger partial charge in [-0.25, -0.2) is 0 Å². The largest absolute Gasteiger partial charge is 0.356 e. The van der Waals surface area contributed by atoms with Crippen LogP contribution in [0.5, 0.6) is 0 Å². The maximum Gasteiger partial charge on any atom is 0.0421 e. The lowest BCUT2D eigenvalue weighted by molar-refractivity contribution is 1.55. The van der Waals surface area contributed by atoms with Crippen molar-refractivity contribution in [1.82, 2.24) is 0 Å². The van der Waals surface area contributed by atoms with Crippen LogP contribution in [0.15, 0.2) is 156 Å². The minimum Gasteiger partial charge on any atom is -0.356 e. The summed E-state index contributed by atoms with van der Waals surface area (Å²) in [5.41, 5.74) is 9.76. The van der Waals surface area contributed by atoms with Crippen molar-refractivity contribution < 1.29 is 0 Å². The molecule has 1 N–H and O–H groups in total. The van der Waals surface area contributed by atoms with Crippen LogP contribution >= 0.6 is 22.7 Å². The zero-order valence-electron chi connectivity index (χ0n) is 23.3. The fourth-order valence-corrected chi connectivity index (χ4v) is 7.82. The molecule has 0 saturated heterocycles. The molecule has 0 amide bonds. The second-order valence-electron chi connectivity index (χ2n) is 10.7. The number of rotatable bonds is 6. The van der Waals surface area contributed by atoms with E-state index in [-0.39, 0.29) is 0 Å². The topological polar surface area (TPSA) is 12.0 Å². The molecule has 1 nitrogen and oxygen atoms in total. The standard InChI is InChI=1S/C40H27NS2/c1-3-11-33-27(7-1)9-5-13-35(33)37-23-25-42-39(37)29-15-19-31(20-16-29)41-32-21-17-30(18-22-32)40-38(24-26-43-40)36-14-6-10-28-8-2-4-12-34(28)36/h1-26,41H. The summed E-state index contributed by atoms with van der Waals surface area (Å²) >= 11 is 3.59. The molecule has 0 saturated carbocycles. The molecule has 0 aliphatic carbocycles. The summed E-state index contributed by atoms with van der Waals surface area (Å²) in [6.07, 6.45) is 0. The van der Waals surface area contributed by atoms with E-state index in [1.165, 1.54) is 64.7 Å². The van der Waals surface area contributed by atoms with Crippen molar-refractivity contribution in [2.45, 2.75) is 0 Å². The van der Waals surface area contributed by atoms with E-state index in [9.17, 15) is 0 Å².